The monoisotopic (exact) mass is 2140 g/mol. The van der Waals surface area contributed by atoms with Crippen LogP contribution in [0.5, 0.6) is 0 Å². The highest BCUT2D eigenvalue weighted by Crippen LogP contribution is 2.66. The molecule has 45 heteroatoms. The first kappa shape index (κ1) is 120. The van der Waals surface area contributed by atoms with Gasteiger partial charge in [0.05, 0.1) is 73.2 Å². The van der Waals surface area contributed by atoms with Crippen molar-refractivity contribution in [1.82, 2.24) is 29.8 Å². The van der Waals surface area contributed by atoms with Gasteiger partial charge in [0.25, 0.3) is 0 Å². The molecule has 0 aromatic heterocycles. The van der Waals surface area contributed by atoms with Crippen LogP contribution in [-0.2, 0) is 99.5 Å². The number of Topliss-reactive ketones (excluding diaryl/α,β-unsaturated/α-hetero) is 1. The van der Waals surface area contributed by atoms with Gasteiger partial charge in [-0.15, -0.1) is 11.6 Å². The van der Waals surface area contributed by atoms with E-state index in [1.807, 2.05) is 123 Å². The van der Waals surface area contributed by atoms with Gasteiger partial charge in [-0.25, -0.2) is 24.0 Å². The Kier molecular flexibility index (Phi) is 31.8. The zero-order chi connectivity index (χ0) is 111. The van der Waals surface area contributed by atoms with Gasteiger partial charge in [0.15, 0.2) is 34.7 Å². The van der Waals surface area contributed by atoms with Gasteiger partial charge in [0.1, 0.15) is 128 Å². The lowest BCUT2D eigenvalue weighted by atomic mass is 9.75. The molecule has 147 heavy (non-hydrogen) atoms. The number of ketones is 1. The number of ether oxygens (including phenoxy) is 20. The van der Waals surface area contributed by atoms with E-state index in [2.05, 4.69) is 11.9 Å². The number of aliphatic hydroxyl groups is 3. The lowest BCUT2D eigenvalue weighted by Crippen LogP contribution is -2.82. The van der Waals surface area contributed by atoms with Crippen molar-refractivity contribution in [2.24, 2.45) is 17.8 Å². The van der Waals surface area contributed by atoms with Crippen LogP contribution in [0, 0.1) is 17.8 Å². The average Bonchev–Trinajstić information content (AvgIpc) is 1.51. The van der Waals surface area contributed by atoms with Crippen molar-refractivity contribution in [3.63, 3.8) is 0 Å². The third kappa shape index (κ3) is 22.4. The second-order valence-electron chi connectivity index (χ2n) is 50.7. The summed E-state index contributed by atoms with van der Waals surface area (Å²) in [6.07, 6.45) is -21.3. The molecule has 846 valence electrons. The summed E-state index contributed by atoms with van der Waals surface area (Å²) in [5.74, 6) is -9.12. The van der Waals surface area contributed by atoms with E-state index in [0.717, 1.165) is 36.2 Å². The number of nitrogens with one attached hydrogen (secondary N) is 1. The molecule has 17 fully saturated rings. The standard InChI is InChI=1S/C19H32ClNO5.C19H30F3NO6.C19H30F3NO5.C19H31NO5.C18H29NO6.C8H12F3NO2/c1-16(2,3)26-15(22)21-11-13-14(12(10-20)19(21)8-9-19)25-18(6,23-7)17(4,5)24-13;1-14(2,3)29-13(24)23-10-11-12(28-16(6,26-7)15(4,5)27-11)18(25,19(20,21)22)17(23)8-9-17;1-15(2,3)28-14(24)23-10-11-12(13(19(20,21)22)18(23)8-9-18)27-17(6,25-7)16(4,5)26-11;1-12-14-13(23-17(5,6)18(7,22-8)24-14)11-20(19(12)9-10-19)15(21)25-16(2,3)4;1-15(2,3)25-14(21)19-10-11-12(13(20)18(19)8-9-18)24-17(6,22-7)16(4,5)23-11;9-8(10,11)6-5(14)4(13)3-12-7(6)1-2-7/h12-14H,8-11H2,1-7H3;11-12,25H,8-10H2,1-7H3;11-13H,8-10H2,1-7H3;13-14H,1,9-11H2,2-8H3;11-12H,8-10H2,1-7H3;4-6,12-14H,1-3H2/t12-,13-,14-,18+;11-,12+,16+,18?;11-,12+,13-,17+;13-,14-,18+;11-,12+,17+;4-,5+,6-/m111111/s1. The molecule has 0 aromatic carbocycles. The fourth-order valence-electron chi connectivity index (χ4n) is 22.6. The molecular formula is C102H164ClF9N6O29. The smallest absolute Gasteiger partial charge is 0.422 e. The van der Waals surface area contributed by atoms with E-state index in [4.69, 9.17) is 111 Å². The molecule has 11 heterocycles. The predicted octanol–water partition coefficient (Wildman–Crippen LogP) is 15.9. The zero-order valence-electron chi connectivity index (χ0n) is 92.3. The summed E-state index contributed by atoms with van der Waals surface area (Å²) in [7, 11) is 7.48. The molecule has 17 rings (SSSR count). The van der Waals surface area contributed by atoms with E-state index in [1.54, 1.807) is 109 Å². The normalized spacial score (nSPS) is 37.6. The van der Waals surface area contributed by atoms with Gasteiger partial charge in [-0.3, -0.25) is 29.3 Å². The Morgan fingerprint density at radius 1 is 0.388 bits per heavy atom. The summed E-state index contributed by atoms with van der Waals surface area (Å²) >= 11 is 6.38. The van der Waals surface area contributed by atoms with Crippen molar-refractivity contribution in [2.75, 3.05) is 80.7 Å². The van der Waals surface area contributed by atoms with Crippen LogP contribution < -0.4 is 5.32 Å². The largest absolute Gasteiger partial charge is 0.444 e. The van der Waals surface area contributed by atoms with Crippen LogP contribution in [0.25, 0.3) is 0 Å². The number of alkyl halides is 10. The molecular weight excluding hydrogens is 1980 g/mol. The highest BCUT2D eigenvalue weighted by Gasteiger charge is 2.84. The number of amides is 5. The van der Waals surface area contributed by atoms with E-state index < -0.39 is 210 Å². The van der Waals surface area contributed by atoms with Crippen LogP contribution in [0.2, 0.25) is 0 Å². The van der Waals surface area contributed by atoms with Crippen LogP contribution in [0.1, 0.15) is 285 Å². The first-order chi connectivity index (χ1) is 66.5. The molecule has 0 aromatic rings. The van der Waals surface area contributed by atoms with Crippen molar-refractivity contribution >= 4 is 47.9 Å². The lowest BCUT2D eigenvalue weighted by Gasteiger charge is -2.61. The van der Waals surface area contributed by atoms with Crippen LogP contribution in [0.4, 0.5) is 63.5 Å². The number of methoxy groups -OCH3 is 5. The number of aliphatic hydroxyl groups excluding tert-OH is 2. The molecule has 11 aliphatic heterocycles. The number of nitrogens with zero attached hydrogens (tertiary/aromatic N) is 5. The highest BCUT2D eigenvalue weighted by molar-refractivity contribution is 6.18. The Labute approximate surface area is 863 Å². The van der Waals surface area contributed by atoms with Crippen molar-refractivity contribution < 1.29 is 178 Å². The summed E-state index contributed by atoms with van der Waals surface area (Å²) in [6.45, 7) is 58.6. The van der Waals surface area contributed by atoms with Crippen molar-refractivity contribution in [2.45, 2.75) is 500 Å². The van der Waals surface area contributed by atoms with Gasteiger partial charge in [-0.2, -0.15) is 39.5 Å². The number of fused-ring (bicyclic) bond motifs is 5. The number of β-amino-alcohol motifs (C(OH)–C–C–N with tert-alkyl or cyclic N) is 1. The van der Waals surface area contributed by atoms with Crippen molar-refractivity contribution in [1.29, 1.82) is 0 Å². The Bertz CT molecular complexity index is 4710. The molecule has 17 aliphatic rings. The van der Waals surface area contributed by atoms with Crippen molar-refractivity contribution in [3.8, 4) is 0 Å². The number of hydrogen-bond acceptors (Lipinski definition) is 30. The minimum absolute atomic E-state index is 0.0185. The molecule has 4 N–H and O–H groups in total. The number of likely N-dealkylation sites (tertiary alicyclic amines) is 5. The van der Waals surface area contributed by atoms with E-state index >= 15 is 0 Å². The van der Waals surface area contributed by atoms with Gasteiger partial charge in [0, 0.05) is 59.4 Å². The van der Waals surface area contributed by atoms with Crippen LogP contribution in [0.15, 0.2) is 12.2 Å². The maximum atomic E-state index is 14.3. The molecule has 5 amide bonds. The van der Waals surface area contributed by atoms with Gasteiger partial charge in [-0.1, -0.05) is 6.58 Å². The minimum atomic E-state index is -5.08. The molecule has 0 radical (unpaired) electrons. The molecule has 21 atom stereocenters. The third-order valence-electron chi connectivity index (χ3n) is 33.2. The Hall–Kier alpha value is -5.34. The minimum Gasteiger partial charge on any atom is -0.444 e. The lowest BCUT2D eigenvalue weighted by molar-refractivity contribution is -0.441. The van der Waals surface area contributed by atoms with E-state index in [1.165, 1.54) is 30.9 Å². The summed E-state index contributed by atoms with van der Waals surface area (Å²) < 4.78 is 240. The summed E-state index contributed by atoms with van der Waals surface area (Å²) in [4.78, 5) is 84.4. The van der Waals surface area contributed by atoms with Crippen LogP contribution in [-0.4, -0.2) is 372 Å². The summed E-state index contributed by atoms with van der Waals surface area (Å²) in [5.41, 5.74) is -15.8. The summed E-state index contributed by atoms with van der Waals surface area (Å²) in [6, 6.07) is 0. The first-order valence-corrected chi connectivity index (χ1v) is 51.4. The fourth-order valence-corrected chi connectivity index (χ4v) is 23.1. The molecule has 6 spiro atoms. The number of carbonyl (C=O) groups excluding carboxylic acids is 6. The number of piperidine rings is 6. The maximum absolute atomic E-state index is 14.3. The quantitative estimate of drug-likeness (QED) is 0.0830. The molecule has 1 unspecified atom stereocenters. The SMILES string of the molecule is C=C1[C@H]2O[C@](C)(OC)C(C)(C)O[C@@H]2CN(C(=O)OC(C)(C)C)C12CC2.CO[C@@]1(C)O[C@@H]2C(=O)C3(CC3)N(C(=O)OC(C)(C)C)C[C@H]2OC1(C)C.CO[C@@]1(C)O[C@@H]2[C@@H](CCl)C3(CC3)N(C(=O)OC(C)(C)C)C[C@H]2OC1(C)C.CO[C@@]1(C)O[C@H]2[C@@H](CN(C(=O)OC(C)(C)C)C3(CC3)C2(O)C(F)(F)F)OC1(C)C.CO[C@@]1(C)O[C@H]2[C@@H](CN(C(=O)OC(C)(C)C)C3(CC3)[C@@H]2C(F)(F)F)OC1(C)C.O[C@H]1[C@H](O)CNC2(CC2)[C@@H]1C(F)(F)F. The van der Waals surface area contributed by atoms with Crippen LogP contribution >= 0.6 is 11.6 Å². The number of rotatable bonds is 6. The maximum Gasteiger partial charge on any atom is 0.422 e. The van der Waals surface area contributed by atoms with Gasteiger partial charge >= 0.3 is 49.0 Å². The summed E-state index contributed by atoms with van der Waals surface area (Å²) in [5, 5.41) is 32.3. The predicted molar refractivity (Wildman–Crippen MR) is 511 cm³/mol. The van der Waals surface area contributed by atoms with E-state index in [-0.39, 0.29) is 111 Å². The van der Waals surface area contributed by atoms with Gasteiger partial charge in [-0.05, 0) is 290 Å². The molecule has 6 aliphatic carbocycles. The molecule has 11 saturated heterocycles. The topological polar surface area (TPSA) is 376 Å². The number of carbonyl (C=O) groups is 6. The second-order valence-corrected chi connectivity index (χ2v) is 51.0. The fraction of sp³-hybridized carbons (Fsp3) is 0.922. The average molecular weight is 2140 g/mol. The molecule has 0 bridgehead atoms. The zero-order valence-corrected chi connectivity index (χ0v) is 93.0. The van der Waals surface area contributed by atoms with E-state index in [0.29, 0.717) is 44.7 Å². The Balaban J connectivity index is 0.000000158. The van der Waals surface area contributed by atoms with E-state index in [9.17, 15) is 78.5 Å². The highest BCUT2D eigenvalue weighted by atomic mass is 35.5. The molecule has 35 nitrogen and oxygen atoms in total. The Morgan fingerprint density at radius 2 is 0.694 bits per heavy atom. The van der Waals surface area contributed by atoms with Gasteiger partial charge in [0.2, 0.25) is 5.60 Å². The Morgan fingerprint density at radius 3 is 1.03 bits per heavy atom. The number of hydrogen-bond donors (Lipinski definition) is 4. The first-order valence-electron chi connectivity index (χ1n) is 50.9. The number of halogens is 10. The third-order valence-corrected chi connectivity index (χ3v) is 33.6. The van der Waals surface area contributed by atoms with Crippen molar-refractivity contribution in [3.05, 3.63) is 12.2 Å². The second kappa shape index (κ2) is 38.9. The molecule has 6 saturated carbocycles. The van der Waals surface area contributed by atoms with Gasteiger partial charge < -0.3 is 115 Å². The van der Waals surface area contributed by atoms with Crippen LogP contribution in [0.3, 0.4) is 0 Å².